The lowest BCUT2D eigenvalue weighted by Gasteiger charge is -2.42. The maximum Gasteiger partial charge on any atom is 0.251 e. The molecule has 1 saturated heterocycles. The smallest absolute Gasteiger partial charge is 0.251 e. The number of piperidine rings is 1. The first-order valence-corrected chi connectivity index (χ1v) is 12.8. The molecule has 0 radical (unpaired) electrons. The van der Waals surface area contributed by atoms with Crippen LogP contribution in [0.1, 0.15) is 56.9 Å². The van der Waals surface area contributed by atoms with Crippen LogP contribution in [0.25, 0.3) is 0 Å². The van der Waals surface area contributed by atoms with Crippen LogP contribution in [-0.4, -0.2) is 68.0 Å². The molecule has 1 aromatic carbocycles. The molecule has 0 aromatic heterocycles. The number of amides is 1. The highest BCUT2D eigenvalue weighted by Crippen LogP contribution is 2.34. The van der Waals surface area contributed by atoms with Crippen LogP contribution in [0.3, 0.4) is 0 Å². The molecule has 8 heteroatoms. The first-order valence-electron chi connectivity index (χ1n) is 10.9. The number of aliphatic hydroxyl groups excluding tert-OH is 1. The normalized spacial score (nSPS) is 28.8. The van der Waals surface area contributed by atoms with E-state index < -0.39 is 28.2 Å². The Morgan fingerprint density at radius 3 is 2.47 bits per heavy atom. The predicted molar refractivity (Wildman–Crippen MR) is 116 cm³/mol. The number of carbonyl (C=O) groups is 1. The number of nitrogens with one attached hydrogen (secondary N) is 1. The molecule has 1 aromatic rings. The van der Waals surface area contributed by atoms with Crippen molar-refractivity contribution in [2.45, 2.75) is 75.7 Å². The molecule has 0 spiro atoms. The molecule has 0 bridgehead atoms. The van der Waals surface area contributed by atoms with E-state index in [0.717, 1.165) is 31.9 Å². The summed E-state index contributed by atoms with van der Waals surface area (Å²) in [5, 5.41) is 9.79. The maximum atomic E-state index is 12.5. The van der Waals surface area contributed by atoms with E-state index in [-0.39, 0.29) is 18.6 Å². The van der Waals surface area contributed by atoms with Crippen molar-refractivity contribution in [2.75, 3.05) is 19.4 Å². The molecular weight excluding hydrogens is 404 g/mol. The van der Waals surface area contributed by atoms with Gasteiger partial charge in [-0.05, 0) is 56.9 Å². The van der Waals surface area contributed by atoms with E-state index in [2.05, 4.69) is 29.0 Å². The molecule has 1 saturated carbocycles. The van der Waals surface area contributed by atoms with Crippen molar-refractivity contribution in [3.05, 3.63) is 35.9 Å². The zero-order valence-electron chi connectivity index (χ0n) is 17.9. The Bertz CT molecular complexity index is 791. The minimum Gasteiger partial charge on any atom is -0.384 e. The average Bonchev–Trinajstić information content (AvgIpc) is 2.72. The van der Waals surface area contributed by atoms with Crippen molar-refractivity contribution in [3.63, 3.8) is 0 Å². The molecule has 3 atom stereocenters. The summed E-state index contributed by atoms with van der Waals surface area (Å²) >= 11 is 0. The zero-order chi connectivity index (χ0) is 21.7. The van der Waals surface area contributed by atoms with E-state index in [4.69, 9.17) is 4.74 Å². The number of hydrogen-bond donors (Lipinski definition) is 2. The van der Waals surface area contributed by atoms with E-state index in [1.54, 1.807) is 4.90 Å². The van der Waals surface area contributed by atoms with Gasteiger partial charge in [0.1, 0.15) is 6.10 Å². The van der Waals surface area contributed by atoms with Crippen LogP contribution in [-0.2, 0) is 19.6 Å². The minimum absolute atomic E-state index is 0.106. The predicted octanol–water partition coefficient (Wildman–Crippen LogP) is 2.02. The Kier molecular flexibility index (Phi) is 7.90. The first kappa shape index (κ1) is 23.2. The van der Waals surface area contributed by atoms with E-state index in [1.165, 1.54) is 12.5 Å². The number of sulfonamides is 1. The number of rotatable bonds is 7. The van der Waals surface area contributed by atoms with Crippen molar-refractivity contribution in [1.29, 1.82) is 0 Å². The Balaban J connectivity index is 1.61. The van der Waals surface area contributed by atoms with Gasteiger partial charge in [0, 0.05) is 12.6 Å². The number of likely N-dealkylation sites (tertiary alicyclic amines) is 1. The lowest BCUT2D eigenvalue weighted by Crippen LogP contribution is -2.60. The quantitative estimate of drug-likeness (QED) is 0.679. The number of nitrogens with zero attached hydrogens (tertiary/aromatic N) is 1. The van der Waals surface area contributed by atoms with Gasteiger partial charge in [-0.1, -0.05) is 30.3 Å². The molecule has 1 amide bonds. The lowest BCUT2D eigenvalue weighted by molar-refractivity contribution is -0.146. The molecule has 2 N–H and O–H groups in total. The highest BCUT2D eigenvalue weighted by atomic mass is 32.2. The molecule has 1 aliphatic carbocycles. The number of hydrogen-bond acceptors (Lipinski definition) is 5. The highest BCUT2D eigenvalue weighted by molar-refractivity contribution is 7.88. The second-order valence-electron chi connectivity index (χ2n) is 8.63. The molecular formula is C22H34N2O5S. The Hall–Kier alpha value is -1.48. The van der Waals surface area contributed by atoms with Gasteiger partial charge in [0.25, 0.3) is 5.91 Å². The van der Waals surface area contributed by atoms with Gasteiger partial charge in [-0.15, -0.1) is 0 Å². The van der Waals surface area contributed by atoms with E-state index in [9.17, 15) is 18.3 Å². The van der Waals surface area contributed by atoms with Crippen molar-refractivity contribution < 1.29 is 23.1 Å². The molecule has 168 valence electrons. The fraction of sp³-hybridized carbons (Fsp3) is 0.682. The first-order chi connectivity index (χ1) is 14.2. The van der Waals surface area contributed by atoms with Gasteiger partial charge < -0.3 is 14.7 Å². The van der Waals surface area contributed by atoms with Crippen LogP contribution in [0.2, 0.25) is 0 Å². The summed E-state index contributed by atoms with van der Waals surface area (Å²) in [6, 6.07) is 9.71. The number of aliphatic hydroxyl groups is 1. The Labute approximate surface area is 179 Å². The molecule has 1 heterocycles. The van der Waals surface area contributed by atoms with Gasteiger partial charge in [0.2, 0.25) is 10.0 Å². The van der Waals surface area contributed by atoms with Crippen LogP contribution in [0.5, 0.6) is 0 Å². The molecule has 30 heavy (non-hydrogen) atoms. The third kappa shape index (κ3) is 6.26. The topological polar surface area (TPSA) is 95.9 Å². The van der Waals surface area contributed by atoms with Gasteiger partial charge in [-0.25, -0.2) is 13.1 Å². The van der Waals surface area contributed by atoms with E-state index in [1.807, 2.05) is 6.07 Å². The summed E-state index contributed by atoms with van der Waals surface area (Å²) in [6.07, 6.45) is 5.45. The van der Waals surface area contributed by atoms with E-state index >= 15 is 0 Å². The van der Waals surface area contributed by atoms with Gasteiger partial charge >= 0.3 is 0 Å². The SMILES string of the molecule is C[C@H](O)C(=O)N1CCC[C@H](NS(C)(=O)=O)[C@@H]1CO[C@H]1CC[C@@H](c2ccccc2)CC1. The fourth-order valence-corrected chi connectivity index (χ4v) is 5.54. The molecule has 2 aliphatic rings. The van der Waals surface area contributed by atoms with Crippen LogP contribution < -0.4 is 4.72 Å². The molecule has 3 rings (SSSR count). The summed E-state index contributed by atoms with van der Waals surface area (Å²) in [6.45, 7) is 2.21. The lowest BCUT2D eigenvalue weighted by atomic mass is 9.83. The zero-order valence-corrected chi connectivity index (χ0v) is 18.7. The third-order valence-electron chi connectivity index (χ3n) is 6.23. The summed E-state index contributed by atoms with van der Waals surface area (Å²) in [5.74, 6) is 0.171. The van der Waals surface area contributed by atoms with Crippen LogP contribution in [0.15, 0.2) is 30.3 Å². The standard InChI is InChI=1S/C22H34N2O5S/c1-16(25)22(26)24-14-6-9-20(23-30(2,27)28)21(24)15-29-19-12-10-18(11-13-19)17-7-4-3-5-8-17/h3-5,7-8,16,18-21,23,25H,6,9-15H2,1-2H3/t16-,18-,19+,20-,21-/m0/s1. The fourth-order valence-electron chi connectivity index (χ4n) is 4.71. The van der Waals surface area contributed by atoms with Gasteiger partial charge in [-0.3, -0.25) is 4.79 Å². The minimum atomic E-state index is -3.41. The van der Waals surface area contributed by atoms with Crippen LogP contribution in [0.4, 0.5) is 0 Å². The highest BCUT2D eigenvalue weighted by Gasteiger charge is 2.37. The second kappa shape index (κ2) is 10.2. The molecule has 1 aliphatic heterocycles. The van der Waals surface area contributed by atoms with Crippen LogP contribution >= 0.6 is 0 Å². The van der Waals surface area contributed by atoms with Crippen molar-refractivity contribution >= 4 is 15.9 Å². The van der Waals surface area contributed by atoms with Crippen molar-refractivity contribution in [3.8, 4) is 0 Å². The van der Waals surface area contributed by atoms with Gasteiger partial charge in [0.15, 0.2) is 0 Å². The monoisotopic (exact) mass is 438 g/mol. The largest absolute Gasteiger partial charge is 0.384 e. The molecule has 7 nitrogen and oxygen atoms in total. The summed E-state index contributed by atoms with van der Waals surface area (Å²) in [7, 11) is -3.41. The molecule has 0 unspecified atom stereocenters. The summed E-state index contributed by atoms with van der Waals surface area (Å²) in [4.78, 5) is 14.1. The molecule has 2 fully saturated rings. The van der Waals surface area contributed by atoms with Gasteiger partial charge in [-0.2, -0.15) is 0 Å². The summed E-state index contributed by atoms with van der Waals surface area (Å²) < 4.78 is 32.5. The van der Waals surface area contributed by atoms with Gasteiger partial charge in [0.05, 0.1) is 25.0 Å². The number of ether oxygens (including phenoxy) is 1. The third-order valence-corrected chi connectivity index (χ3v) is 6.96. The van der Waals surface area contributed by atoms with E-state index in [0.29, 0.717) is 25.3 Å². The Morgan fingerprint density at radius 1 is 1.20 bits per heavy atom. The second-order valence-corrected chi connectivity index (χ2v) is 10.4. The Morgan fingerprint density at radius 2 is 1.87 bits per heavy atom. The number of carbonyl (C=O) groups excluding carboxylic acids is 1. The average molecular weight is 439 g/mol. The van der Waals surface area contributed by atoms with Crippen molar-refractivity contribution in [2.24, 2.45) is 0 Å². The van der Waals surface area contributed by atoms with Crippen LogP contribution in [0, 0.1) is 0 Å². The number of benzene rings is 1. The summed E-state index contributed by atoms with van der Waals surface area (Å²) in [5.41, 5.74) is 1.37. The van der Waals surface area contributed by atoms with Crippen molar-refractivity contribution in [1.82, 2.24) is 9.62 Å². The maximum absolute atomic E-state index is 12.5.